The molecular formula is C21H26ClN3O3. The van der Waals surface area contributed by atoms with Crippen molar-refractivity contribution >= 4 is 23.4 Å². The van der Waals surface area contributed by atoms with E-state index in [1.807, 2.05) is 0 Å². The number of hydrogen-bond acceptors (Lipinski definition) is 5. The molecule has 0 aliphatic carbocycles. The number of piperidine rings is 2. The molecule has 2 fully saturated rings. The number of aromatic carboxylic acids is 1. The SMILES string of the molecule is CCN1CCC2(CCCN(c3noc(-c4ccc(Cl)cc4)c3C(=O)O)C2)CC1. The van der Waals surface area contributed by atoms with Crippen LogP contribution in [0.3, 0.4) is 0 Å². The van der Waals surface area contributed by atoms with Gasteiger partial charge in [0.05, 0.1) is 0 Å². The number of benzene rings is 1. The van der Waals surface area contributed by atoms with Gasteiger partial charge in [0.2, 0.25) is 0 Å². The van der Waals surface area contributed by atoms with Gasteiger partial charge in [-0.25, -0.2) is 4.79 Å². The summed E-state index contributed by atoms with van der Waals surface area (Å²) >= 11 is 5.96. The Kier molecular flexibility index (Phi) is 5.34. The molecule has 0 saturated carbocycles. The molecule has 1 aromatic heterocycles. The normalized spacial score (nSPS) is 19.9. The molecule has 1 aromatic carbocycles. The highest BCUT2D eigenvalue weighted by Crippen LogP contribution is 2.42. The summed E-state index contributed by atoms with van der Waals surface area (Å²) in [6, 6.07) is 6.97. The summed E-state index contributed by atoms with van der Waals surface area (Å²) in [6.07, 6.45) is 4.56. The van der Waals surface area contributed by atoms with E-state index in [0.717, 1.165) is 52.0 Å². The predicted octanol–water partition coefficient (Wildman–Crippen LogP) is 4.40. The van der Waals surface area contributed by atoms with Gasteiger partial charge >= 0.3 is 5.97 Å². The van der Waals surface area contributed by atoms with E-state index < -0.39 is 5.97 Å². The average Bonchev–Trinajstić information content (AvgIpc) is 3.15. The second kappa shape index (κ2) is 7.76. The van der Waals surface area contributed by atoms with E-state index in [2.05, 4.69) is 21.9 Å². The van der Waals surface area contributed by atoms with Gasteiger partial charge < -0.3 is 19.4 Å². The first-order valence-electron chi connectivity index (χ1n) is 9.97. The molecule has 0 unspecified atom stereocenters. The minimum Gasteiger partial charge on any atom is -0.477 e. The number of carboxylic acid groups (broad SMARTS) is 1. The molecule has 1 spiro atoms. The molecule has 0 atom stereocenters. The topological polar surface area (TPSA) is 69.8 Å². The van der Waals surface area contributed by atoms with Crippen LogP contribution in [0.25, 0.3) is 11.3 Å². The van der Waals surface area contributed by atoms with Crippen LogP contribution in [0.5, 0.6) is 0 Å². The molecule has 0 amide bonds. The van der Waals surface area contributed by atoms with E-state index in [4.69, 9.17) is 16.1 Å². The molecule has 2 saturated heterocycles. The van der Waals surface area contributed by atoms with E-state index in [9.17, 15) is 9.90 Å². The van der Waals surface area contributed by atoms with Crippen molar-refractivity contribution in [3.05, 3.63) is 34.9 Å². The van der Waals surface area contributed by atoms with Crippen molar-refractivity contribution in [1.29, 1.82) is 0 Å². The molecule has 0 bridgehead atoms. The van der Waals surface area contributed by atoms with Crippen molar-refractivity contribution in [1.82, 2.24) is 10.1 Å². The minimum atomic E-state index is -1.01. The molecule has 3 heterocycles. The number of carboxylic acids is 1. The maximum absolute atomic E-state index is 12.1. The van der Waals surface area contributed by atoms with Gasteiger partial charge in [0.15, 0.2) is 17.1 Å². The Morgan fingerprint density at radius 3 is 2.57 bits per heavy atom. The molecule has 2 aliphatic heterocycles. The number of carbonyl (C=O) groups is 1. The summed E-state index contributed by atoms with van der Waals surface area (Å²) in [6.45, 7) is 7.19. The minimum absolute atomic E-state index is 0.144. The highest BCUT2D eigenvalue weighted by molar-refractivity contribution is 6.30. The Morgan fingerprint density at radius 2 is 1.93 bits per heavy atom. The Morgan fingerprint density at radius 1 is 1.21 bits per heavy atom. The Labute approximate surface area is 170 Å². The lowest BCUT2D eigenvalue weighted by atomic mass is 9.72. The standard InChI is InChI=1S/C21H26ClN3O3/c1-2-24-12-9-21(10-13-24)8-3-11-25(14-21)19-17(20(26)27)18(28-23-19)15-4-6-16(22)7-5-15/h4-7H,2-3,8-14H2,1H3,(H,26,27). The van der Waals surface area contributed by atoms with Crippen LogP contribution in [0.15, 0.2) is 28.8 Å². The van der Waals surface area contributed by atoms with Crippen molar-refractivity contribution in [2.24, 2.45) is 5.41 Å². The van der Waals surface area contributed by atoms with Crippen LogP contribution in [0.2, 0.25) is 5.02 Å². The fourth-order valence-corrected chi connectivity index (χ4v) is 4.76. The van der Waals surface area contributed by atoms with Crippen LogP contribution in [0.4, 0.5) is 5.82 Å². The molecule has 7 heteroatoms. The zero-order chi connectivity index (χ0) is 19.7. The maximum atomic E-state index is 12.1. The third-order valence-electron chi connectivity index (χ3n) is 6.32. The zero-order valence-corrected chi connectivity index (χ0v) is 16.9. The average molecular weight is 404 g/mol. The monoisotopic (exact) mass is 403 g/mol. The molecule has 150 valence electrons. The first-order chi connectivity index (χ1) is 13.5. The van der Waals surface area contributed by atoms with Crippen LogP contribution >= 0.6 is 11.6 Å². The molecule has 2 aromatic rings. The molecule has 6 nitrogen and oxygen atoms in total. The van der Waals surface area contributed by atoms with Gasteiger partial charge in [0, 0.05) is 23.7 Å². The third kappa shape index (κ3) is 3.63. The highest BCUT2D eigenvalue weighted by atomic mass is 35.5. The highest BCUT2D eigenvalue weighted by Gasteiger charge is 2.40. The van der Waals surface area contributed by atoms with Crippen LogP contribution in [0, 0.1) is 5.41 Å². The first-order valence-corrected chi connectivity index (χ1v) is 10.4. The summed E-state index contributed by atoms with van der Waals surface area (Å²) in [5, 5.41) is 14.7. The van der Waals surface area contributed by atoms with E-state index in [-0.39, 0.29) is 11.0 Å². The zero-order valence-electron chi connectivity index (χ0n) is 16.2. The largest absolute Gasteiger partial charge is 0.477 e. The summed E-state index contributed by atoms with van der Waals surface area (Å²) in [5.41, 5.74) is 1.06. The van der Waals surface area contributed by atoms with Gasteiger partial charge in [0.1, 0.15) is 0 Å². The molecule has 28 heavy (non-hydrogen) atoms. The van der Waals surface area contributed by atoms with Crippen molar-refractivity contribution in [3.63, 3.8) is 0 Å². The van der Waals surface area contributed by atoms with Gasteiger partial charge in [0.25, 0.3) is 0 Å². The molecule has 0 radical (unpaired) electrons. The summed E-state index contributed by atoms with van der Waals surface area (Å²) in [7, 11) is 0. The quantitative estimate of drug-likeness (QED) is 0.816. The van der Waals surface area contributed by atoms with E-state index in [1.54, 1.807) is 24.3 Å². The Balaban J connectivity index is 1.62. The lowest BCUT2D eigenvalue weighted by molar-refractivity contribution is 0.0695. The second-order valence-electron chi connectivity index (χ2n) is 7.98. The van der Waals surface area contributed by atoms with Gasteiger partial charge in [-0.15, -0.1) is 0 Å². The number of rotatable bonds is 4. The van der Waals surface area contributed by atoms with Crippen LogP contribution < -0.4 is 4.90 Å². The predicted molar refractivity (Wildman–Crippen MR) is 109 cm³/mol. The lowest BCUT2D eigenvalue weighted by Crippen LogP contribution is -2.50. The number of anilines is 1. The molecular weight excluding hydrogens is 378 g/mol. The fraction of sp³-hybridized carbons (Fsp3) is 0.524. The maximum Gasteiger partial charge on any atom is 0.343 e. The van der Waals surface area contributed by atoms with Crippen LogP contribution in [-0.4, -0.2) is 53.9 Å². The van der Waals surface area contributed by atoms with Crippen molar-refractivity contribution in [2.45, 2.75) is 32.6 Å². The Hall–Kier alpha value is -2.05. The second-order valence-corrected chi connectivity index (χ2v) is 8.42. The number of nitrogens with zero attached hydrogens (tertiary/aromatic N) is 3. The number of hydrogen-bond donors (Lipinski definition) is 1. The van der Waals surface area contributed by atoms with Crippen molar-refractivity contribution < 1.29 is 14.4 Å². The van der Waals surface area contributed by atoms with Gasteiger partial charge in [-0.3, -0.25) is 0 Å². The number of likely N-dealkylation sites (tertiary alicyclic amines) is 1. The lowest BCUT2D eigenvalue weighted by Gasteiger charge is -2.47. The summed E-state index contributed by atoms with van der Waals surface area (Å²) < 4.78 is 5.52. The van der Waals surface area contributed by atoms with Crippen molar-refractivity contribution in [2.75, 3.05) is 37.6 Å². The van der Waals surface area contributed by atoms with E-state index in [1.165, 1.54) is 6.42 Å². The first kappa shape index (κ1) is 19.3. The van der Waals surface area contributed by atoms with Gasteiger partial charge in [-0.05, 0) is 75.0 Å². The van der Waals surface area contributed by atoms with Crippen molar-refractivity contribution in [3.8, 4) is 11.3 Å². The summed E-state index contributed by atoms with van der Waals surface area (Å²) in [4.78, 5) is 16.7. The number of aromatic nitrogens is 1. The molecule has 4 rings (SSSR count). The van der Waals surface area contributed by atoms with E-state index in [0.29, 0.717) is 22.2 Å². The molecule has 1 N–H and O–H groups in total. The molecule has 2 aliphatic rings. The smallest absolute Gasteiger partial charge is 0.343 e. The van der Waals surface area contributed by atoms with Crippen LogP contribution in [0.1, 0.15) is 43.0 Å². The third-order valence-corrected chi connectivity index (χ3v) is 6.57. The van der Waals surface area contributed by atoms with Crippen LogP contribution in [-0.2, 0) is 0 Å². The van der Waals surface area contributed by atoms with Gasteiger partial charge in [-0.2, -0.15) is 0 Å². The van der Waals surface area contributed by atoms with E-state index >= 15 is 0 Å². The van der Waals surface area contributed by atoms with Gasteiger partial charge in [-0.1, -0.05) is 23.7 Å². The fourth-order valence-electron chi connectivity index (χ4n) is 4.63. The number of halogens is 1. The summed E-state index contributed by atoms with van der Waals surface area (Å²) in [5.74, 6) is -0.268. The Bertz CT molecular complexity index is 841.